The first-order chi connectivity index (χ1) is 16.4. The maximum atomic E-state index is 12.2. The molecule has 0 atom stereocenters. The van der Waals surface area contributed by atoms with Gasteiger partial charge in [0.15, 0.2) is 0 Å². The zero-order valence-corrected chi connectivity index (χ0v) is 18.8. The molecule has 4 aromatic rings. The van der Waals surface area contributed by atoms with Crippen LogP contribution >= 0.6 is 0 Å². The van der Waals surface area contributed by atoms with Crippen molar-refractivity contribution >= 4 is 40.1 Å². The number of fused-ring (bicyclic) bond motifs is 2. The van der Waals surface area contributed by atoms with Crippen LogP contribution in [0.5, 0.6) is 0 Å². The zero-order chi connectivity index (χ0) is 23.8. The van der Waals surface area contributed by atoms with Crippen LogP contribution in [0.15, 0.2) is 60.7 Å². The molecule has 5 rings (SSSR count). The Morgan fingerprint density at radius 2 is 1.85 bits per heavy atom. The van der Waals surface area contributed by atoms with Gasteiger partial charge in [0.1, 0.15) is 5.82 Å². The molecule has 34 heavy (non-hydrogen) atoms. The number of carbonyl (C=O) groups is 3. The lowest BCUT2D eigenvalue weighted by atomic mass is 10.0. The lowest BCUT2D eigenvalue weighted by molar-refractivity contribution is -0.116. The molecule has 0 saturated carbocycles. The summed E-state index contributed by atoms with van der Waals surface area (Å²) in [5.74, 6) is 0.274. The number of nitrogens with one attached hydrogen (secondary N) is 3. The van der Waals surface area contributed by atoms with Crippen LogP contribution in [0.25, 0.3) is 28.1 Å². The van der Waals surface area contributed by atoms with Gasteiger partial charge >= 0.3 is 0 Å². The van der Waals surface area contributed by atoms with E-state index in [9.17, 15) is 14.4 Å². The lowest BCUT2D eigenvalue weighted by Gasteiger charge is -2.19. The number of anilines is 2. The zero-order valence-electron chi connectivity index (χ0n) is 18.8. The van der Waals surface area contributed by atoms with Crippen molar-refractivity contribution in [2.24, 2.45) is 0 Å². The van der Waals surface area contributed by atoms with Gasteiger partial charge in [0.05, 0.1) is 16.7 Å². The summed E-state index contributed by atoms with van der Waals surface area (Å²) in [6, 6.07) is 18.8. The molecule has 2 heterocycles. The number of benzene rings is 3. The maximum Gasteiger partial charge on any atom is 0.251 e. The molecule has 0 radical (unpaired) electrons. The third-order valence-corrected chi connectivity index (χ3v) is 5.86. The Morgan fingerprint density at radius 1 is 1.03 bits per heavy atom. The number of para-hydroxylation sites is 1. The van der Waals surface area contributed by atoms with Crippen LogP contribution in [-0.2, 0) is 16.0 Å². The van der Waals surface area contributed by atoms with Gasteiger partial charge in [-0.2, -0.15) is 0 Å². The molecule has 1 aromatic heterocycles. The molecule has 1 aliphatic heterocycles. The molecule has 3 amide bonds. The Kier molecular flexibility index (Phi) is 5.33. The summed E-state index contributed by atoms with van der Waals surface area (Å²) in [4.78, 5) is 40.8. The third kappa shape index (κ3) is 3.79. The SMILES string of the molecule is CNC(=O)c1ccc2c(c1)nc(-c1ccccc1NC(C)=O)n2-c1ccc2c(c1)CCC(=O)N2. The van der Waals surface area contributed by atoms with E-state index in [0.717, 1.165) is 28.0 Å². The Hall–Kier alpha value is -4.46. The Morgan fingerprint density at radius 3 is 2.65 bits per heavy atom. The quantitative estimate of drug-likeness (QED) is 0.436. The number of hydrogen-bond acceptors (Lipinski definition) is 4. The first-order valence-corrected chi connectivity index (χ1v) is 11.0. The fourth-order valence-corrected chi connectivity index (χ4v) is 4.29. The highest BCUT2D eigenvalue weighted by Gasteiger charge is 2.21. The van der Waals surface area contributed by atoms with E-state index >= 15 is 0 Å². The van der Waals surface area contributed by atoms with Crippen molar-refractivity contribution in [1.82, 2.24) is 14.9 Å². The number of aromatic nitrogens is 2. The molecule has 3 N–H and O–H groups in total. The molecule has 8 heteroatoms. The molecule has 3 aromatic carbocycles. The highest BCUT2D eigenvalue weighted by atomic mass is 16.2. The number of rotatable bonds is 4. The van der Waals surface area contributed by atoms with Gasteiger partial charge in [-0.1, -0.05) is 12.1 Å². The normalized spacial score (nSPS) is 12.7. The van der Waals surface area contributed by atoms with Crippen LogP contribution in [0.3, 0.4) is 0 Å². The summed E-state index contributed by atoms with van der Waals surface area (Å²) < 4.78 is 2.01. The molecule has 0 saturated heterocycles. The smallest absolute Gasteiger partial charge is 0.251 e. The van der Waals surface area contributed by atoms with Crippen LogP contribution < -0.4 is 16.0 Å². The van der Waals surface area contributed by atoms with Crippen LogP contribution in [0.2, 0.25) is 0 Å². The second-order valence-electron chi connectivity index (χ2n) is 8.17. The minimum absolute atomic E-state index is 0.0139. The van der Waals surface area contributed by atoms with Gasteiger partial charge in [-0.3, -0.25) is 19.0 Å². The molecular weight excluding hydrogens is 430 g/mol. The highest BCUT2D eigenvalue weighted by Crippen LogP contribution is 2.35. The van der Waals surface area contributed by atoms with Gasteiger partial charge < -0.3 is 16.0 Å². The van der Waals surface area contributed by atoms with Crippen molar-refractivity contribution in [3.63, 3.8) is 0 Å². The van der Waals surface area contributed by atoms with E-state index in [-0.39, 0.29) is 17.7 Å². The number of amides is 3. The number of nitrogens with zero attached hydrogens (tertiary/aromatic N) is 2. The second kappa shape index (κ2) is 8.47. The van der Waals surface area contributed by atoms with Gasteiger partial charge in [0.2, 0.25) is 11.8 Å². The largest absolute Gasteiger partial charge is 0.355 e. The number of carbonyl (C=O) groups excluding carboxylic acids is 3. The monoisotopic (exact) mass is 453 g/mol. The van der Waals surface area contributed by atoms with Crippen molar-refractivity contribution in [2.45, 2.75) is 19.8 Å². The average molecular weight is 454 g/mol. The number of imidazole rings is 1. The Balaban J connectivity index is 1.76. The number of aryl methyl sites for hydroxylation is 1. The third-order valence-electron chi connectivity index (χ3n) is 5.86. The molecule has 0 unspecified atom stereocenters. The summed E-state index contributed by atoms with van der Waals surface area (Å²) in [6.45, 7) is 1.47. The predicted octanol–water partition coefficient (Wildman–Crippen LogP) is 3.90. The van der Waals surface area contributed by atoms with E-state index in [1.165, 1.54) is 6.92 Å². The van der Waals surface area contributed by atoms with Crippen molar-refractivity contribution in [3.05, 3.63) is 71.8 Å². The van der Waals surface area contributed by atoms with Gasteiger partial charge in [0.25, 0.3) is 5.91 Å². The Bertz CT molecular complexity index is 1470. The van der Waals surface area contributed by atoms with Crippen molar-refractivity contribution in [3.8, 4) is 17.1 Å². The lowest BCUT2D eigenvalue weighted by Crippen LogP contribution is -2.19. The summed E-state index contributed by atoms with van der Waals surface area (Å²) in [5, 5.41) is 8.45. The molecule has 0 fully saturated rings. The van der Waals surface area contributed by atoms with E-state index < -0.39 is 0 Å². The van der Waals surface area contributed by atoms with E-state index in [1.54, 1.807) is 19.2 Å². The summed E-state index contributed by atoms with van der Waals surface area (Å²) in [7, 11) is 1.59. The van der Waals surface area contributed by atoms with Crippen LogP contribution in [-0.4, -0.2) is 34.3 Å². The molecular formula is C26H23N5O3. The van der Waals surface area contributed by atoms with E-state index in [0.29, 0.717) is 35.4 Å². The summed E-state index contributed by atoms with van der Waals surface area (Å²) in [6.07, 6.45) is 1.09. The van der Waals surface area contributed by atoms with Gasteiger partial charge in [-0.25, -0.2) is 4.98 Å². The van der Waals surface area contributed by atoms with Gasteiger partial charge in [-0.15, -0.1) is 0 Å². The minimum atomic E-state index is -0.193. The van der Waals surface area contributed by atoms with Crippen LogP contribution in [0.1, 0.15) is 29.3 Å². The first-order valence-electron chi connectivity index (χ1n) is 11.0. The van der Waals surface area contributed by atoms with Gasteiger partial charge in [-0.05, 0) is 60.5 Å². The van der Waals surface area contributed by atoms with E-state index in [1.807, 2.05) is 53.1 Å². The summed E-state index contributed by atoms with van der Waals surface area (Å²) >= 11 is 0. The maximum absolute atomic E-state index is 12.2. The van der Waals surface area contributed by atoms with Crippen LogP contribution in [0, 0.1) is 0 Å². The first kappa shape index (κ1) is 21.4. The van der Waals surface area contributed by atoms with E-state index in [4.69, 9.17) is 4.98 Å². The topological polar surface area (TPSA) is 105 Å². The fraction of sp³-hybridized carbons (Fsp3) is 0.154. The molecule has 8 nitrogen and oxygen atoms in total. The Labute approximate surface area is 196 Å². The molecule has 0 spiro atoms. The van der Waals surface area contributed by atoms with Crippen molar-refractivity contribution in [2.75, 3.05) is 17.7 Å². The molecule has 170 valence electrons. The highest BCUT2D eigenvalue weighted by molar-refractivity contribution is 5.99. The fourth-order valence-electron chi connectivity index (χ4n) is 4.29. The van der Waals surface area contributed by atoms with Crippen molar-refractivity contribution in [1.29, 1.82) is 0 Å². The van der Waals surface area contributed by atoms with E-state index in [2.05, 4.69) is 16.0 Å². The standard InChI is InChI=1S/C26H23N5O3/c1-15(32)28-21-6-4-3-5-19(21)25-30-22-14-17(26(34)27-2)7-11-23(22)31(25)18-9-10-20-16(13-18)8-12-24(33)29-20/h3-7,9-11,13-14H,8,12H2,1-2H3,(H,27,34)(H,28,32)(H,29,33). The van der Waals surface area contributed by atoms with Gasteiger partial charge in [0, 0.05) is 42.9 Å². The number of hydrogen-bond donors (Lipinski definition) is 3. The average Bonchev–Trinajstić information content (AvgIpc) is 3.21. The molecule has 0 bridgehead atoms. The van der Waals surface area contributed by atoms with Crippen molar-refractivity contribution < 1.29 is 14.4 Å². The van der Waals surface area contributed by atoms with Crippen LogP contribution in [0.4, 0.5) is 11.4 Å². The molecule has 1 aliphatic rings. The summed E-state index contributed by atoms with van der Waals surface area (Å²) in [5.41, 5.74) is 6.10. The predicted molar refractivity (Wildman–Crippen MR) is 131 cm³/mol. The molecule has 0 aliphatic carbocycles. The minimum Gasteiger partial charge on any atom is -0.355 e. The second-order valence-corrected chi connectivity index (χ2v) is 8.17.